The number of rotatable bonds is 8. The normalized spacial score (nSPS) is 14.8. The molecule has 1 N–H and O–H groups in total. The summed E-state index contributed by atoms with van der Waals surface area (Å²) in [6.45, 7) is 3.70. The van der Waals surface area contributed by atoms with Gasteiger partial charge in [0, 0.05) is 15.1 Å². The molecule has 0 saturated carbocycles. The monoisotopic (exact) mass is 630 g/mol. The van der Waals surface area contributed by atoms with E-state index in [1.165, 1.54) is 55.7 Å². The predicted octanol–water partition coefficient (Wildman–Crippen LogP) is 5.27. The average molecular weight is 632 g/mol. The number of amides is 4. The molecule has 9 nitrogen and oxygen atoms in total. The van der Waals surface area contributed by atoms with Crippen molar-refractivity contribution in [1.82, 2.24) is 5.32 Å². The van der Waals surface area contributed by atoms with Gasteiger partial charge in [-0.05, 0) is 78.7 Å². The number of ether oxygens (including phenoxy) is 1. The van der Waals surface area contributed by atoms with Crippen LogP contribution in [0.1, 0.15) is 11.1 Å². The van der Waals surface area contributed by atoms with E-state index in [9.17, 15) is 22.8 Å². The lowest BCUT2D eigenvalue weighted by atomic mass is 10.0. The second-order valence-corrected chi connectivity index (χ2v) is 11.0. The third-order valence-corrected chi connectivity index (χ3v) is 7.55. The summed E-state index contributed by atoms with van der Waals surface area (Å²) in [5.41, 5.74) is 0.633. The number of halogens is 2. The zero-order chi connectivity index (χ0) is 28.3. The van der Waals surface area contributed by atoms with Crippen LogP contribution in [0.5, 0.6) is 11.5 Å². The molecule has 0 aromatic heterocycles. The van der Waals surface area contributed by atoms with Crippen LogP contribution < -0.4 is 19.1 Å². The van der Waals surface area contributed by atoms with E-state index in [-0.39, 0.29) is 34.1 Å². The summed E-state index contributed by atoms with van der Waals surface area (Å²) in [6.07, 6.45) is 2.98. The van der Waals surface area contributed by atoms with Gasteiger partial charge in [0.15, 0.2) is 11.5 Å². The Kier molecular flexibility index (Phi) is 8.24. The highest BCUT2D eigenvalue weighted by Crippen LogP contribution is 2.37. The fourth-order valence-corrected chi connectivity index (χ4v) is 5.09. The molecule has 0 spiro atoms. The van der Waals surface area contributed by atoms with Gasteiger partial charge in [-0.15, -0.1) is 6.58 Å². The van der Waals surface area contributed by atoms with Crippen LogP contribution in [0.2, 0.25) is 5.02 Å². The molecule has 0 unspecified atom stereocenters. The fraction of sp³-hybridized carbons (Fsp3) is 0.0741. The van der Waals surface area contributed by atoms with Crippen LogP contribution in [0.4, 0.5) is 10.5 Å². The van der Waals surface area contributed by atoms with Gasteiger partial charge < -0.3 is 8.92 Å². The van der Waals surface area contributed by atoms with Crippen LogP contribution in [0, 0.1) is 0 Å². The second-order valence-electron chi connectivity index (χ2n) is 8.13. The zero-order valence-electron chi connectivity index (χ0n) is 20.3. The summed E-state index contributed by atoms with van der Waals surface area (Å²) in [6, 6.07) is 13.9. The molecule has 1 aliphatic heterocycles. The van der Waals surface area contributed by atoms with Crippen molar-refractivity contribution in [3.63, 3.8) is 0 Å². The Hall–Kier alpha value is -3.93. The van der Waals surface area contributed by atoms with E-state index in [2.05, 4.69) is 27.8 Å². The predicted molar refractivity (Wildman–Crippen MR) is 149 cm³/mol. The summed E-state index contributed by atoms with van der Waals surface area (Å²) < 4.78 is 37.5. The number of allylic oxidation sites excluding steroid dienone is 1. The molecule has 1 saturated heterocycles. The summed E-state index contributed by atoms with van der Waals surface area (Å²) in [4.78, 5) is 39.1. The number of carbonyl (C=O) groups is 3. The molecule has 200 valence electrons. The highest BCUT2D eigenvalue weighted by molar-refractivity contribution is 9.10. The Bertz CT molecular complexity index is 1620. The summed E-state index contributed by atoms with van der Waals surface area (Å²) in [5, 5.41) is 2.52. The number of nitrogens with one attached hydrogen (secondary N) is 1. The van der Waals surface area contributed by atoms with Crippen molar-refractivity contribution in [2.45, 2.75) is 11.3 Å². The smallest absolute Gasteiger partial charge is 0.339 e. The molecule has 4 rings (SSSR count). The van der Waals surface area contributed by atoms with Crippen molar-refractivity contribution >= 4 is 67.3 Å². The molecule has 0 radical (unpaired) electrons. The molecule has 1 fully saturated rings. The van der Waals surface area contributed by atoms with Crippen molar-refractivity contribution in [2.24, 2.45) is 0 Å². The third-order valence-electron chi connectivity index (χ3n) is 5.53. The number of hydrogen-bond donors (Lipinski definition) is 1. The average Bonchev–Trinajstić information content (AvgIpc) is 2.89. The van der Waals surface area contributed by atoms with E-state index in [1.54, 1.807) is 24.3 Å². The maximum atomic E-state index is 13.2. The largest absolute Gasteiger partial charge is 0.493 e. The number of anilines is 1. The fourth-order valence-electron chi connectivity index (χ4n) is 3.73. The minimum Gasteiger partial charge on any atom is -0.493 e. The van der Waals surface area contributed by atoms with E-state index in [4.69, 9.17) is 20.5 Å². The Morgan fingerprint density at radius 1 is 1.05 bits per heavy atom. The lowest BCUT2D eigenvalue weighted by Gasteiger charge is -2.26. The minimum atomic E-state index is -4.26. The summed E-state index contributed by atoms with van der Waals surface area (Å²) >= 11 is 9.16. The summed E-state index contributed by atoms with van der Waals surface area (Å²) in [7, 11) is -2.94. The Labute approximate surface area is 237 Å². The topological polar surface area (TPSA) is 119 Å². The van der Waals surface area contributed by atoms with E-state index in [0.717, 1.165) is 9.37 Å². The van der Waals surface area contributed by atoms with Gasteiger partial charge in [0.2, 0.25) is 0 Å². The van der Waals surface area contributed by atoms with Crippen LogP contribution >= 0.6 is 27.5 Å². The highest BCUT2D eigenvalue weighted by Gasteiger charge is 2.37. The molecule has 1 heterocycles. The number of imide groups is 2. The maximum absolute atomic E-state index is 13.2. The van der Waals surface area contributed by atoms with Crippen LogP contribution in [-0.4, -0.2) is 33.4 Å². The number of methoxy groups -OCH3 is 1. The van der Waals surface area contributed by atoms with Crippen LogP contribution in [0.3, 0.4) is 0 Å². The van der Waals surface area contributed by atoms with E-state index in [0.29, 0.717) is 16.1 Å². The molecule has 0 atom stereocenters. The van der Waals surface area contributed by atoms with Gasteiger partial charge in [0.1, 0.15) is 10.5 Å². The number of carbonyl (C=O) groups excluding carboxylic acids is 3. The Morgan fingerprint density at radius 3 is 2.33 bits per heavy atom. The molecular weight excluding hydrogens is 612 g/mol. The minimum absolute atomic E-state index is 0.0308. The number of urea groups is 1. The first-order valence-corrected chi connectivity index (χ1v) is 13.8. The van der Waals surface area contributed by atoms with Crippen molar-refractivity contribution in [1.29, 1.82) is 0 Å². The first kappa shape index (κ1) is 28.1. The van der Waals surface area contributed by atoms with E-state index in [1.807, 2.05) is 0 Å². The van der Waals surface area contributed by atoms with Crippen molar-refractivity contribution in [2.75, 3.05) is 12.0 Å². The quantitative estimate of drug-likeness (QED) is 0.156. The van der Waals surface area contributed by atoms with Gasteiger partial charge in [-0.2, -0.15) is 8.42 Å². The molecule has 0 bridgehead atoms. The lowest BCUT2D eigenvalue weighted by Crippen LogP contribution is -2.54. The van der Waals surface area contributed by atoms with E-state index >= 15 is 0 Å². The zero-order valence-corrected chi connectivity index (χ0v) is 23.5. The molecule has 3 aromatic carbocycles. The van der Waals surface area contributed by atoms with Crippen LogP contribution in [0.25, 0.3) is 6.08 Å². The molecular formula is C27H20BrClN2O7S. The maximum Gasteiger partial charge on any atom is 0.339 e. The molecule has 39 heavy (non-hydrogen) atoms. The number of barbiturate groups is 1. The molecule has 12 heteroatoms. The Balaban J connectivity index is 1.76. The van der Waals surface area contributed by atoms with E-state index < -0.39 is 28.0 Å². The van der Waals surface area contributed by atoms with Gasteiger partial charge in [0.25, 0.3) is 11.8 Å². The van der Waals surface area contributed by atoms with Gasteiger partial charge >= 0.3 is 16.1 Å². The van der Waals surface area contributed by atoms with Crippen molar-refractivity contribution in [3.05, 3.63) is 99.5 Å². The SMILES string of the molecule is C=CCc1cc(/C=C2\C(=O)NC(=O)N(c3ccc(Br)cc3)C2=O)cc(OC)c1OS(=O)(=O)c1ccc(Cl)cc1. The van der Waals surface area contributed by atoms with Gasteiger partial charge in [-0.1, -0.05) is 33.6 Å². The third kappa shape index (κ3) is 6.06. The standard InChI is InChI=1S/C27H20BrClN2O7S/c1-3-4-17-13-16(15-23(37-2)24(17)38-39(35,36)21-11-7-19(29)8-12-21)14-22-25(32)30-27(34)31(26(22)33)20-9-5-18(28)6-10-20/h3,5-15H,1,4H2,2H3,(H,30,32,34)/b22-14+. The van der Waals surface area contributed by atoms with Crippen molar-refractivity contribution < 1.29 is 31.7 Å². The second kappa shape index (κ2) is 11.4. The van der Waals surface area contributed by atoms with Gasteiger partial charge in [-0.25, -0.2) is 9.69 Å². The number of benzene rings is 3. The first-order chi connectivity index (χ1) is 18.5. The number of nitrogens with zero attached hydrogens (tertiary/aromatic N) is 1. The molecule has 1 aliphatic rings. The van der Waals surface area contributed by atoms with Crippen LogP contribution in [0.15, 0.2) is 88.3 Å². The lowest BCUT2D eigenvalue weighted by molar-refractivity contribution is -0.122. The Morgan fingerprint density at radius 2 is 1.72 bits per heavy atom. The number of hydrogen-bond acceptors (Lipinski definition) is 7. The molecule has 0 aliphatic carbocycles. The van der Waals surface area contributed by atoms with Gasteiger partial charge in [0.05, 0.1) is 12.8 Å². The highest BCUT2D eigenvalue weighted by atomic mass is 79.9. The molecule has 4 amide bonds. The first-order valence-electron chi connectivity index (χ1n) is 11.2. The van der Waals surface area contributed by atoms with Gasteiger partial charge in [-0.3, -0.25) is 14.9 Å². The van der Waals surface area contributed by atoms with Crippen LogP contribution in [-0.2, 0) is 26.1 Å². The van der Waals surface area contributed by atoms with Crippen molar-refractivity contribution in [3.8, 4) is 11.5 Å². The molecule has 3 aromatic rings. The summed E-state index contributed by atoms with van der Waals surface area (Å²) in [5.74, 6) is -1.77.